The normalized spacial score (nSPS) is 25.6. The van der Waals surface area contributed by atoms with E-state index < -0.39 is 12.2 Å². The molecule has 0 radical (unpaired) electrons. The molecule has 1 amide bonds. The zero-order valence-corrected chi connectivity index (χ0v) is 12.4. The summed E-state index contributed by atoms with van der Waals surface area (Å²) in [6.45, 7) is 6.23. The molecule has 0 aromatic rings. The summed E-state index contributed by atoms with van der Waals surface area (Å²) >= 11 is 0. The van der Waals surface area contributed by atoms with Gasteiger partial charge in [0.1, 0.15) is 6.04 Å². The van der Waals surface area contributed by atoms with Crippen molar-refractivity contribution in [3.8, 4) is 0 Å². The van der Waals surface area contributed by atoms with Gasteiger partial charge in [0, 0.05) is 18.5 Å². The lowest BCUT2D eigenvalue weighted by Crippen LogP contribution is -2.51. The highest BCUT2D eigenvalue weighted by atomic mass is 19.4. The van der Waals surface area contributed by atoms with Crippen LogP contribution in [0.15, 0.2) is 0 Å². The lowest BCUT2D eigenvalue weighted by molar-refractivity contribution is -0.163. The number of hydrogen-bond donors (Lipinski definition) is 2. The third-order valence-electron chi connectivity index (χ3n) is 4.08. The Kier molecular flexibility index (Phi) is 6.30. The van der Waals surface area contributed by atoms with Gasteiger partial charge in [-0.25, -0.2) is 0 Å². The molecule has 0 spiro atoms. The van der Waals surface area contributed by atoms with Gasteiger partial charge in [0.2, 0.25) is 5.91 Å². The monoisotopic (exact) mass is 294 g/mol. The summed E-state index contributed by atoms with van der Waals surface area (Å²) in [6, 6.07) is -1.56. The van der Waals surface area contributed by atoms with Crippen LogP contribution in [0.25, 0.3) is 0 Å². The van der Waals surface area contributed by atoms with E-state index in [0.29, 0.717) is 19.4 Å². The quantitative estimate of drug-likeness (QED) is 0.818. The van der Waals surface area contributed by atoms with Crippen LogP contribution in [0, 0.1) is 11.8 Å². The minimum atomic E-state index is -4.17. The molecule has 1 aliphatic rings. The lowest BCUT2D eigenvalue weighted by atomic mass is 9.95. The number of nitrogens with one attached hydrogen (secondary N) is 2. The average Bonchev–Trinajstić information content (AvgIpc) is 2.37. The number of rotatable bonds is 5. The maximum Gasteiger partial charge on any atom is 0.403 e. The van der Waals surface area contributed by atoms with Crippen LogP contribution in [0.5, 0.6) is 0 Å². The third-order valence-corrected chi connectivity index (χ3v) is 4.08. The highest BCUT2D eigenvalue weighted by Crippen LogP contribution is 2.28. The molecule has 1 aliphatic heterocycles. The summed E-state index contributed by atoms with van der Waals surface area (Å²) in [5.41, 5.74) is 0. The van der Waals surface area contributed by atoms with Crippen molar-refractivity contribution in [2.45, 2.75) is 64.7 Å². The zero-order chi connectivity index (χ0) is 15.3. The Labute approximate surface area is 118 Å². The summed E-state index contributed by atoms with van der Waals surface area (Å²) in [7, 11) is 0. The van der Waals surface area contributed by atoms with Gasteiger partial charge in [-0.15, -0.1) is 0 Å². The van der Waals surface area contributed by atoms with Crippen LogP contribution in [0.1, 0.15) is 46.5 Å². The van der Waals surface area contributed by atoms with E-state index in [9.17, 15) is 18.0 Å². The fourth-order valence-corrected chi connectivity index (χ4v) is 2.34. The lowest BCUT2D eigenvalue weighted by Gasteiger charge is -2.32. The smallest absolute Gasteiger partial charge is 0.356 e. The van der Waals surface area contributed by atoms with Gasteiger partial charge in [-0.1, -0.05) is 27.2 Å². The van der Waals surface area contributed by atoms with Gasteiger partial charge < -0.3 is 10.6 Å². The second-order valence-corrected chi connectivity index (χ2v) is 6.00. The Hall–Kier alpha value is -0.780. The average molecular weight is 294 g/mol. The predicted octanol–water partition coefficient (Wildman–Crippen LogP) is 2.86. The van der Waals surface area contributed by atoms with Gasteiger partial charge in [0.15, 0.2) is 0 Å². The maximum atomic E-state index is 12.6. The number of carbonyl (C=O) groups is 1. The van der Waals surface area contributed by atoms with Crippen LogP contribution in [0.3, 0.4) is 0 Å². The highest BCUT2D eigenvalue weighted by Gasteiger charge is 2.41. The first-order valence-electron chi connectivity index (χ1n) is 7.32. The number of carbonyl (C=O) groups excluding carboxylic acids is 1. The molecule has 0 aliphatic carbocycles. The molecular formula is C14H25F3N2O. The highest BCUT2D eigenvalue weighted by molar-refractivity contribution is 5.78. The predicted molar refractivity (Wildman–Crippen MR) is 72.2 cm³/mol. The van der Waals surface area contributed by atoms with Crippen molar-refractivity contribution in [3.05, 3.63) is 0 Å². The van der Waals surface area contributed by atoms with Gasteiger partial charge in [-0.05, 0) is 25.2 Å². The van der Waals surface area contributed by atoms with E-state index >= 15 is 0 Å². The van der Waals surface area contributed by atoms with Crippen molar-refractivity contribution in [1.29, 1.82) is 0 Å². The van der Waals surface area contributed by atoms with Gasteiger partial charge in [-0.3, -0.25) is 4.79 Å². The minimum Gasteiger partial charge on any atom is -0.356 e. The number of alkyl halides is 3. The Morgan fingerprint density at radius 3 is 2.50 bits per heavy atom. The molecule has 1 fully saturated rings. The number of hydrogen-bond acceptors (Lipinski definition) is 2. The van der Waals surface area contributed by atoms with Crippen LogP contribution in [-0.4, -0.2) is 30.7 Å². The summed E-state index contributed by atoms with van der Waals surface area (Å²) in [5.74, 6) is 0.165. The third kappa shape index (κ3) is 5.31. The number of halogens is 3. The molecule has 3 unspecified atom stereocenters. The summed E-state index contributed by atoms with van der Waals surface area (Å²) in [4.78, 5) is 11.7. The van der Waals surface area contributed by atoms with Crippen molar-refractivity contribution < 1.29 is 18.0 Å². The van der Waals surface area contributed by atoms with Crippen LogP contribution in [0.2, 0.25) is 0 Å². The Balaban J connectivity index is 2.30. The Morgan fingerprint density at radius 2 is 1.95 bits per heavy atom. The summed E-state index contributed by atoms with van der Waals surface area (Å²) in [6.07, 6.45) is -2.16. The van der Waals surface area contributed by atoms with E-state index in [1.165, 1.54) is 0 Å². The molecule has 118 valence electrons. The van der Waals surface area contributed by atoms with Crippen molar-refractivity contribution in [2.75, 3.05) is 6.54 Å². The van der Waals surface area contributed by atoms with E-state index in [1.807, 2.05) is 20.8 Å². The first-order valence-corrected chi connectivity index (χ1v) is 7.32. The molecule has 3 atom stereocenters. The van der Waals surface area contributed by atoms with Gasteiger partial charge in [0.05, 0.1) is 0 Å². The fraction of sp³-hybridized carbons (Fsp3) is 0.929. The van der Waals surface area contributed by atoms with E-state index in [2.05, 4.69) is 10.6 Å². The first kappa shape index (κ1) is 17.3. The summed E-state index contributed by atoms with van der Waals surface area (Å²) < 4.78 is 37.9. The van der Waals surface area contributed by atoms with Gasteiger partial charge in [0.25, 0.3) is 0 Å². The largest absolute Gasteiger partial charge is 0.403 e. The Bertz CT molecular complexity index is 318. The number of amides is 1. The van der Waals surface area contributed by atoms with Crippen LogP contribution in [0.4, 0.5) is 13.2 Å². The van der Waals surface area contributed by atoms with Crippen molar-refractivity contribution in [3.63, 3.8) is 0 Å². The molecule has 2 N–H and O–H groups in total. The van der Waals surface area contributed by atoms with E-state index in [1.54, 1.807) is 0 Å². The van der Waals surface area contributed by atoms with E-state index in [0.717, 1.165) is 6.42 Å². The van der Waals surface area contributed by atoms with Crippen molar-refractivity contribution >= 4 is 5.91 Å². The molecule has 1 saturated heterocycles. The SMILES string of the molecule is CC(C)C(C)C(=O)NCCC1CCCC(C(F)(F)F)N1. The zero-order valence-electron chi connectivity index (χ0n) is 12.4. The number of piperidine rings is 1. The molecule has 0 saturated carbocycles. The van der Waals surface area contributed by atoms with Gasteiger partial charge >= 0.3 is 6.18 Å². The molecule has 20 heavy (non-hydrogen) atoms. The molecule has 1 rings (SSSR count). The van der Waals surface area contributed by atoms with Crippen LogP contribution >= 0.6 is 0 Å². The topological polar surface area (TPSA) is 41.1 Å². The van der Waals surface area contributed by atoms with Crippen molar-refractivity contribution in [1.82, 2.24) is 10.6 Å². The standard InChI is InChI=1S/C14H25F3N2O/c1-9(2)10(3)13(20)18-8-7-11-5-4-6-12(19-11)14(15,16)17/h9-12,19H,4-8H2,1-3H3,(H,18,20). The molecule has 1 heterocycles. The minimum absolute atomic E-state index is 0.0248. The fourth-order valence-electron chi connectivity index (χ4n) is 2.34. The van der Waals surface area contributed by atoms with E-state index in [4.69, 9.17) is 0 Å². The summed E-state index contributed by atoms with van der Waals surface area (Å²) in [5, 5.41) is 5.45. The molecule has 6 heteroatoms. The second kappa shape index (κ2) is 7.29. The van der Waals surface area contributed by atoms with Gasteiger partial charge in [-0.2, -0.15) is 13.2 Å². The second-order valence-electron chi connectivity index (χ2n) is 6.00. The van der Waals surface area contributed by atoms with Crippen LogP contribution < -0.4 is 10.6 Å². The molecule has 3 nitrogen and oxygen atoms in total. The Morgan fingerprint density at radius 1 is 1.30 bits per heavy atom. The first-order chi connectivity index (χ1) is 9.21. The molecule has 0 bridgehead atoms. The van der Waals surface area contributed by atoms with E-state index in [-0.39, 0.29) is 30.2 Å². The maximum absolute atomic E-state index is 12.6. The molecule has 0 aromatic carbocycles. The van der Waals surface area contributed by atoms with Crippen LogP contribution in [-0.2, 0) is 4.79 Å². The van der Waals surface area contributed by atoms with Crippen molar-refractivity contribution in [2.24, 2.45) is 11.8 Å². The molecular weight excluding hydrogens is 269 g/mol. The molecule has 0 aromatic heterocycles.